The van der Waals surface area contributed by atoms with Crippen molar-refractivity contribution in [3.8, 4) is 0 Å². The Balaban J connectivity index is 1.72. The summed E-state index contributed by atoms with van der Waals surface area (Å²) in [5.74, 6) is 4.21. The van der Waals surface area contributed by atoms with Crippen LogP contribution in [0.1, 0.15) is 58.8 Å². The summed E-state index contributed by atoms with van der Waals surface area (Å²) in [5, 5.41) is 0. The van der Waals surface area contributed by atoms with Crippen LogP contribution in [0.5, 0.6) is 0 Å². The van der Waals surface area contributed by atoms with Crippen LogP contribution in [-0.2, 0) is 4.79 Å². The molecule has 2 N–H and O–H groups in total. The van der Waals surface area contributed by atoms with Crippen LogP contribution >= 0.6 is 0 Å². The summed E-state index contributed by atoms with van der Waals surface area (Å²) in [6.45, 7) is 6.20. The number of rotatable bonds is 8. The van der Waals surface area contributed by atoms with Crippen LogP contribution in [0.15, 0.2) is 0 Å². The average molecular weight is 294 g/mol. The van der Waals surface area contributed by atoms with Crippen LogP contribution in [0, 0.1) is 29.6 Å². The van der Waals surface area contributed by atoms with Crippen LogP contribution < -0.4 is 5.73 Å². The summed E-state index contributed by atoms with van der Waals surface area (Å²) in [6, 6.07) is 0. The van der Waals surface area contributed by atoms with Crippen molar-refractivity contribution in [1.82, 2.24) is 4.90 Å². The summed E-state index contributed by atoms with van der Waals surface area (Å²) in [4.78, 5) is 14.4. The zero-order chi connectivity index (χ0) is 15.4. The lowest BCUT2D eigenvalue weighted by Crippen LogP contribution is -2.34. The van der Waals surface area contributed by atoms with Gasteiger partial charge in [0.1, 0.15) is 0 Å². The predicted molar refractivity (Wildman–Crippen MR) is 87.8 cm³/mol. The third-order valence-corrected chi connectivity index (χ3v) is 6.03. The van der Waals surface area contributed by atoms with Crippen LogP contribution in [0.2, 0.25) is 0 Å². The van der Waals surface area contributed by atoms with E-state index in [2.05, 4.69) is 13.8 Å². The number of amides is 1. The minimum absolute atomic E-state index is 0.334. The molecule has 3 heteroatoms. The predicted octanol–water partition coefficient (Wildman–Crippen LogP) is 3.28. The monoisotopic (exact) mass is 294 g/mol. The number of hydrogen-bond acceptors (Lipinski definition) is 2. The van der Waals surface area contributed by atoms with E-state index in [1.54, 1.807) is 0 Å². The lowest BCUT2D eigenvalue weighted by Gasteiger charge is -2.28. The molecule has 1 amide bonds. The maximum absolute atomic E-state index is 12.4. The molecule has 0 aliphatic heterocycles. The average Bonchev–Trinajstić information content (AvgIpc) is 3.05. The minimum Gasteiger partial charge on any atom is -0.345 e. The Morgan fingerprint density at radius 2 is 2.00 bits per heavy atom. The van der Waals surface area contributed by atoms with Crippen LogP contribution in [-0.4, -0.2) is 30.9 Å². The number of carbonyl (C=O) groups is 1. The van der Waals surface area contributed by atoms with Gasteiger partial charge in [0.2, 0.25) is 5.91 Å². The van der Waals surface area contributed by atoms with E-state index in [1.165, 1.54) is 25.7 Å². The molecule has 0 aromatic rings. The highest BCUT2D eigenvalue weighted by Crippen LogP contribution is 2.48. The molecule has 2 aliphatic rings. The quantitative estimate of drug-likeness (QED) is 0.746. The molecule has 21 heavy (non-hydrogen) atoms. The first-order valence-corrected chi connectivity index (χ1v) is 8.95. The molecule has 4 unspecified atom stereocenters. The van der Waals surface area contributed by atoms with Gasteiger partial charge in [-0.25, -0.2) is 0 Å². The number of hydrogen-bond donors (Lipinski definition) is 1. The SMILES string of the molecule is CC(C)C(CCN)CCC(=O)N(C)CC1CC2CCC1C2. The third-order valence-electron chi connectivity index (χ3n) is 6.03. The van der Waals surface area contributed by atoms with Gasteiger partial charge in [-0.3, -0.25) is 4.79 Å². The molecule has 0 spiro atoms. The minimum atomic E-state index is 0.334. The highest BCUT2D eigenvalue weighted by atomic mass is 16.2. The Hall–Kier alpha value is -0.570. The maximum Gasteiger partial charge on any atom is 0.222 e. The fraction of sp³-hybridized carbons (Fsp3) is 0.944. The van der Waals surface area contributed by atoms with Crippen molar-refractivity contribution >= 4 is 5.91 Å². The van der Waals surface area contributed by atoms with E-state index in [9.17, 15) is 4.79 Å². The van der Waals surface area contributed by atoms with Gasteiger partial charge in [-0.05, 0) is 68.2 Å². The molecule has 2 saturated carbocycles. The van der Waals surface area contributed by atoms with E-state index in [0.29, 0.717) is 24.2 Å². The van der Waals surface area contributed by atoms with E-state index in [4.69, 9.17) is 5.73 Å². The van der Waals surface area contributed by atoms with Gasteiger partial charge in [-0.1, -0.05) is 20.3 Å². The topological polar surface area (TPSA) is 46.3 Å². The van der Waals surface area contributed by atoms with Crippen LogP contribution in [0.25, 0.3) is 0 Å². The van der Waals surface area contributed by atoms with Gasteiger partial charge < -0.3 is 10.6 Å². The molecule has 122 valence electrons. The van der Waals surface area contributed by atoms with E-state index in [0.717, 1.165) is 43.7 Å². The summed E-state index contributed by atoms with van der Waals surface area (Å²) >= 11 is 0. The Morgan fingerprint density at radius 1 is 1.24 bits per heavy atom. The van der Waals surface area contributed by atoms with Gasteiger partial charge in [-0.15, -0.1) is 0 Å². The van der Waals surface area contributed by atoms with Gasteiger partial charge in [-0.2, -0.15) is 0 Å². The van der Waals surface area contributed by atoms with Gasteiger partial charge in [0, 0.05) is 20.0 Å². The summed E-state index contributed by atoms with van der Waals surface area (Å²) in [5.41, 5.74) is 5.68. The fourth-order valence-corrected chi connectivity index (χ4v) is 4.58. The van der Waals surface area contributed by atoms with Crippen molar-refractivity contribution < 1.29 is 4.79 Å². The number of carbonyl (C=O) groups excluding carboxylic acids is 1. The summed E-state index contributed by atoms with van der Waals surface area (Å²) in [6.07, 6.45) is 8.37. The molecule has 0 aromatic heterocycles. The number of nitrogens with two attached hydrogens (primary N) is 1. The number of nitrogens with zero attached hydrogens (tertiary/aromatic N) is 1. The highest BCUT2D eigenvalue weighted by molar-refractivity contribution is 5.75. The van der Waals surface area contributed by atoms with Crippen molar-refractivity contribution in [3.05, 3.63) is 0 Å². The molecular formula is C18H34N2O. The Bertz CT molecular complexity index is 342. The first kappa shape index (κ1) is 16.8. The normalized spacial score (nSPS) is 29.1. The standard InChI is InChI=1S/C18H34N2O/c1-13(2)15(8-9-19)6-7-18(21)20(3)12-17-11-14-4-5-16(17)10-14/h13-17H,4-12,19H2,1-3H3. The van der Waals surface area contributed by atoms with Crippen molar-refractivity contribution in [3.63, 3.8) is 0 Å². The van der Waals surface area contributed by atoms with Gasteiger partial charge in [0.25, 0.3) is 0 Å². The first-order valence-electron chi connectivity index (χ1n) is 8.95. The molecule has 0 aromatic carbocycles. The van der Waals surface area contributed by atoms with Gasteiger partial charge in [0.05, 0.1) is 0 Å². The van der Waals surface area contributed by atoms with Gasteiger partial charge in [0.15, 0.2) is 0 Å². The first-order chi connectivity index (χ1) is 10.0. The second-order valence-corrected chi connectivity index (χ2v) is 7.83. The van der Waals surface area contributed by atoms with E-state index in [-0.39, 0.29) is 0 Å². The molecule has 2 rings (SSSR count). The van der Waals surface area contributed by atoms with Crippen molar-refractivity contribution in [2.75, 3.05) is 20.1 Å². The lowest BCUT2D eigenvalue weighted by molar-refractivity contribution is -0.131. The highest BCUT2D eigenvalue weighted by Gasteiger charge is 2.40. The molecule has 0 saturated heterocycles. The second kappa shape index (κ2) is 7.62. The molecule has 3 nitrogen and oxygen atoms in total. The van der Waals surface area contributed by atoms with Crippen LogP contribution in [0.3, 0.4) is 0 Å². The van der Waals surface area contributed by atoms with Gasteiger partial charge >= 0.3 is 0 Å². The summed E-state index contributed by atoms with van der Waals surface area (Å²) < 4.78 is 0. The molecular weight excluding hydrogens is 260 g/mol. The van der Waals surface area contributed by atoms with Crippen molar-refractivity contribution in [1.29, 1.82) is 0 Å². The molecule has 2 bridgehead atoms. The lowest BCUT2D eigenvalue weighted by atomic mass is 9.87. The smallest absolute Gasteiger partial charge is 0.222 e. The molecule has 0 heterocycles. The Morgan fingerprint density at radius 3 is 2.52 bits per heavy atom. The zero-order valence-corrected chi connectivity index (χ0v) is 14.2. The Labute approximate surface area is 130 Å². The van der Waals surface area contributed by atoms with E-state index >= 15 is 0 Å². The maximum atomic E-state index is 12.4. The summed E-state index contributed by atoms with van der Waals surface area (Å²) in [7, 11) is 2.00. The zero-order valence-electron chi connectivity index (χ0n) is 14.2. The fourth-order valence-electron chi connectivity index (χ4n) is 4.58. The number of fused-ring (bicyclic) bond motifs is 2. The third kappa shape index (κ3) is 4.45. The molecule has 2 fully saturated rings. The largest absolute Gasteiger partial charge is 0.345 e. The van der Waals surface area contributed by atoms with E-state index < -0.39 is 0 Å². The van der Waals surface area contributed by atoms with Crippen molar-refractivity contribution in [2.24, 2.45) is 35.3 Å². The molecule has 2 aliphatic carbocycles. The second-order valence-electron chi connectivity index (χ2n) is 7.83. The Kier molecular flexibility index (Phi) is 6.09. The molecule has 0 radical (unpaired) electrons. The van der Waals surface area contributed by atoms with Crippen LogP contribution in [0.4, 0.5) is 0 Å². The van der Waals surface area contributed by atoms with Crippen molar-refractivity contribution in [2.45, 2.75) is 58.8 Å². The molecule has 4 atom stereocenters. The van der Waals surface area contributed by atoms with E-state index in [1.807, 2.05) is 11.9 Å².